The predicted octanol–water partition coefficient (Wildman–Crippen LogP) is 6.92. The summed E-state index contributed by atoms with van der Waals surface area (Å²) in [5, 5.41) is 29.5. The molecule has 0 radical (unpaired) electrons. The van der Waals surface area contributed by atoms with Crippen molar-refractivity contribution in [2.75, 3.05) is 18.0 Å². The van der Waals surface area contributed by atoms with Crippen molar-refractivity contribution < 1.29 is 4.74 Å². The molecule has 34 heavy (non-hydrogen) atoms. The lowest BCUT2D eigenvalue weighted by Crippen LogP contribution is -2.23. The highest BCUT2D eigenvalue weighted by Gasteiger charge is 2.44. The molecule has 1 atom stereocenters. The van der Waals surface area contributed by atoms with Gasteiger partial charge in [0.05, 0.1) is 10.0 Å². The van der Waals surface area contributed by atoms with Crippen LogP contribution in [0.4, 0.5) is 5.69 Å². The van der Waals surface area contributed by atoms with Gasteiger partial charge < -0.3 is 9.64 Å². The summed E-state index contributed by atoms with van der Waals surface area (Å²) in [6.45, 7) is 7.82. The van der Waals surface area contributed by atoms with E-state index in [1.54, 1.807) is 31.2 Å². The summed E-state index contributed by atoms with van der Waals surface area (Å²) >= 11 is 12.4. The van der Waals surface area contributed by atoms with Crippen molar-refractivity contribution in [1.29, 1.82) is 15.8 Å². The summed E-state index contributed by atoms with van der Waals surface area (Å²) in [6, 6.07) is 18.9. The molecule has 1 aliphatic rings. The standard InChI is InChI=1S/C27H22Cl2N4O/c1-4-33(5-2)21-10-6-18(7-11-21)8-12-23-22(17-32)26(19(15-30)16-31)34-27(23,3)20-9-13-24(28)25(29)14-20/h6-14H,4-5H2,1-3H3/b12-8+. The fourth-order valence-electron chi connectivity index (χ4n) is 3.90. The van der Waals surface area contributed by atoms with Gasteiger partial charge in [0.2, 0.25) is 0 Å². The molecule has 0 spiro atoms. The van der Waals surface area contributed by atoms with E-state index in [1.807, 2.05) is 42.5 Å². The molecule has 5 nitrogen and oxygen atoms in total. The van der Waals surface area contributed by atoms with Gasteiger partial charge >= 0.3 is 0 Å². The van der Waals surface area contributed by atoms with Gasteiger partial charge in [0.1, 0.15) is 23.8 Å². The zero-order valence-corrected chi connectivity index (χ0v) is 20.6. The maximum Gasteiger partial charge on any atom is 0.172 e. The molecule has 0 amide bonds. The molecule has 0 fully saturated rings. The fourth-order valence-corrected chi connectivity index (χ4v) is 4.20. The predicted molar refractivity (Wildman–Crippen MR) is 135 cm³/mol. The molecule has 170 valence electrons. The molecule has 1 unspecified atom stereocenters. The molecular weight excluding hydrogens is 467 g/mol. The first-order valence-electron chi connectivity index (χ1n) is 10.7. The van der Waals surface area contributed by atoms with E-state index in [1.165, 1.54) is 0 Å². The summed E-state index contributed by atoms with van der Waals surface area (Å²) in [6.07, 6.45) is 3.66. The number of anilines is 1. The molecule has 0 N–H and O–H groups in total. The van der Waals surface area contributed by atoms with E-state index in [-0.39, 0.29) is 16.9 Å². The van der Waals surface area contributed by atoms with Gasteiger partial charge in [-0.15, -0.1) is 0 Å². The molecule has 2 aromatic carbocycles. The second-order valence-electron chi connectivity index (χ2n) is 7.69. The lowest BCUT2D eigenvalue weighted by Gasteiger charge is -2.27. The third-order valence-electron chi connectivity index (χ3n) is 5.81. The van der Waals surface area contributed by atoms with Crippen molar-refractivity contribution in [2.24, 2.45) is 0 Å². The average molecular weight is 489 g/mol. The number of rotatable bonds is 6. The lowest BCUT2D eigenvalue weighted by molar-refractivity contribution is 0.0755. The highest BCUT2D eigenvalue weighted by molar-refractivity contribution is 6.42. The molecule has 0 aliphatic carbocycles. The van der Waals surface area contributed by atoms with Crippen molar-refractivity contribution in [3.05, 3.63) is 92.2 Å². The number of hydrogen-bond donors (Lipinski definition) is 0. The van der Waals surface area contributed by atoms with Gasteiger partial charge in [-0.05, 0) is 50.6 Å². The van der Waals surface area contributed by atoms with Gasteiger partial charge in [-0.3, -0.25) is 0 Å². The van der Waals surface area contributed by atoms with Crippen LogP contribution < -0.4 is 4.90 Å². The average Bonchev–Trinajstić information content (AvgIpc) is 3.14. The second-order valence-corrected chi connectivity index (χ2v) is 8.50. The van der Waals surface area contributed by atoms with E-state index < -0.39 is 5.60 Å². The zero-order valence-electron chi connectivity index (χ0n) is 19.1. The summed E-state index contributed by atoms with van der Waals surface area (Å²) in [7, 11) is 0. The monoisotopic (exact) mass is 488 g/mol. The third kappa shape index (κ3) is 4.66. The van der Waals surface area contributed by atoms with E-state index >= 15 is 0 Å². The first-order chi connectivity index (χ1) is 16.3. The van der Waals surface area contributed by atoms with Gasteiger partial charge in [0.25, 0.3) is 0 Å². The van der Waals surface area contributed by atoms with Gasteiger partial charge in [-0.1, -0.05) is 53.6 Å². The van der Waals surface area contributed by atoms with E-state index in [2.05, 4.69) is 24.8 Å². The SMILES string of the molecule is CCN(CC)c1ccc(/C=C/C2=C(C#N)C(=C(C#N)C#N)OC2(C)c2ccc(Cl)c(Cl)c2)cc1. The van der Waals surface area contributed by atoms with Crippen LogP contribution in [0.2, 0.25) is 10.0 Å². The minimum Gasteiger partial charge on any atom is -0.474 e. The summed E-state index contributed by atoms with van der Waals surface area (Å²) in [5.41, 5.74) is 1.90. The highest BCUT2D eigenvalue weighted by atomic mass is 35.5. The number of nitriles is 3. The first kappa shape index (κ1) is 24.9. The van der Waals surface area contributed by atoms with E-state index in [4.69, 9.17) is 27.9 Å². The molecule has 2 aromatic rings. The molecular formula is C27H22Cl2N4O. The normalized spacial score (nSPS) is 17.2. The Morgan fingerprint density at radius 1 is 0.971 bits per heavy atom. The summed E-state index contributed by atoms with van der Waals surface area (Å²) in [5.74, 6) is -0.0439. The lowest BCUT2D eigenvalue weighted by atomic mass is 9.86. The van der Waals surface area contributed by atoms with Crippen LogP contribution in [-0.2, 0) is 10.3 Å². The van der Waals surface area contributed by atoms with Gasteiger partial charge in [-0.25, -0.2) is 0 Å². The topological polar surface area (TPSA) is 83.8 Å². The van der Waals surface area contributed by atoms with Crippen LogP contribution in [-0.4, -0.2) is 13.1 Å². The number of ether oxygens (including phenoxy) is 1. The Morgan fingerprint density at radius 2 is 1.62 bits per heavy atom. The minimum absolute atomic E-state index is 0.0439. The van der Waals surface area contributed by atoms with Gasteiger partial charge in [0, 0.05) is 29.9 Å². The van der Waals surface area contributed by atoms with E-state index in [9.17, 15) is 15.8 Å². The number of allylic oxidation sites excluding steroid dienone is 2. The van der Waals surface area contributed by atoms with Crippen molar-refractivity contribution in [2.45, 2.75) is 26.4 Å². The Kier molecular flexibility index (Phi) is 7.70. The van der Waals surface area contributed by atoms with E-state index in [0.29, 0.717) is 21.2 Å². The second kappa shape index (κ2) is 10.5. The van der Waals surface area contributed by atoms with Crippen LogP contribution in [0.15, 0.2) is 71.0 Å². The Balaban J connectivity index is 2.14. The molecule has 1 aliphatic heterocycles. The van der Waals surface area contributed by atoms with Crippen LogP contribution >= 0.6 is 23.2 Å². The summed E-state index contributed by atoms with van der Waals surface area (Å²) < 4.78 is 6.14. The zero-order chi connectivity index (χ0) is 24.9. The molecule has 0 saturated carbocycles. The van der Waals surface area contributed by atoms with Crippen molar-refractivity contribution in [1.82, 2.24) is 0 Å². The summed E-state index contributed by atoms with van der Waals surface area (Å²) in [4.78, 5) is 2.25. The minimum atomic E-state index is -1.16. The maximum absolute atomic E-state index is 9.95. The highest BCUT2D eigenvalue weighted by Crippen LogP contribution is 2.48. The van der Waals surface area contributed by atoms with Crippen molar-refractivity contribution >= 4 is 35.0 Å². The van der Waals surface area contributed by atoms with Gasteiger partial charge in [0.15, 0.2) is 16.9 Å². The molecule has 0 bridgehead atoms. The molecule has 3 rings (SSSR count). The Morgan fingerprint density at radius 3 is 2.15 bits per heavy atom. The molecule has 0 saturated heterocycles. The Hall–Kier alpha value is -3.69. The van der Waals surface area contributed by atoms with Crippen LogP contribution in [0, 0.1) is 34.0 Å². The number of halogens is 2. The third-order valence-corrected chi connectivity index (χ3v) is 6.55. The number of benzene rings is 2. The molecule has 1 heterocycles. The van der Waals surface area contributed by atoms with Crippen LogP contribution in [0.5, 0.6) is 0 Å². The molecule has 7 heteroatoms. The van der Waals surface area contributed by atoms with E-state index in [0.717, 1.165) is 24.3 Å². The smallest absolute Gasteiger partial charge is 0.172 e. The number of hydrogen-bond acceptors (Lipinski definition) is 5. The Bertz CT molecular complexity index is 1300. The van der Waals surface area contributed by atoms with Crippen LogP contribution in [0.25, 0.3) is 6.08 Å². The largest absolute Gasteiger partial charge is 0.474 e. The Labute approximate surface area is 210 Å². The first-order valence-corrected chi connectivity index (χ1v) is 11.5. The quantitative estimate of drug-likeness (QED) is 0.411. The van der Waals surface area contributed by atoms with Gasteiger partial charge in [-0.2, -0.15) is 15.8 Å². The number of nitrogens with zero attached hydrogens (tertiary/aromatic N) is 4. The maximum atomic E-state index is 9.95. The van der Waals surface area contributed by atoms with Crippen molar-refractivity contribution in [3.8, 4) is 18.2 Å². The molecule has 0 aromatic heterocycles. The van der Waals surface area contributed by atoms with Crippen LogP contribution in [0.1, 0.15) is 31.9 Å². The van der Waals surface area contributed by atoms with Crippen LogP contribution in [0.3, 0.4) is 0 Å². The fraction of sp³-hybridized carbons (Fsp3) is 0.222. The van der Waals surface area contributed by atoms with Crippen molar-refractivity contribution in [3.63, 3.8) is 0 Å².